The minimum atomic E-state index is -1.30. The second-order valence-electron chi connectivity index (χ2n) is 3.29. The molecule has 0 aliphatic rings. The number of hydrogen-bond acceptors (Lipinski definition) is 3. The van der Waals surface area contributed by atoms with Crippen LogP contribution in [0, 0.1) is 0 Å². The number of carbonyl (C=O) groups excluding carboxylic acids is 2. The molecule has 0 saturated heterocycles. The van der Waals surface area contributed by atoms with Gasteiger partial charge >= 0.3 is 0 Å². The highest BCUT2D eigenvalue weighted by molar-refractivity contribution is 5.93. The Labute approximate surface area is 93.6 Å². The van der Waals surface area contributed by atoms with E-state index in [0.717, 1.165) is 5.56 Å². The Morgan fingerprint density at radius 2 is 1.94 bits per heavy atom. The fraction of sp³-hybridized carbons (Fsp3) is 0.167. The van der Waals surface area contributed by atoms with E-state index in [4.69, 9.17) is 0 Å². The molecule has 1 aromatic rings. The van der Waals surface area contributed by atoms with Crippen molar-refractivity contribution in [3.8, 4) is 0 Å². The van der Waals surface area contributed by atoms with Gasteiger partial charge in [0.05, 0.1) is 12.0 Å². The minimum absolute atomic E-state index is 0.458. The first-order valence-electron chi connectivity index (χ1n) is 4.84. The normalized spacial score (nSPS) is 12.3. The van der Waals surface area contributed by atoms with E-state index in [1.165, 1.54) is 13.0 Å². The van der Waals surface area contributed by atoms with Gasteiger partial charge in [-0.3, -0.25) is 4.79 Å². The van der Waals surface area contributed by atoms with Crippen molar-refractivity contribution in [3.63, 3.8) is 0 Å². The Morgan fingerprint density at radius 3 is 2.50 bits per heavy atom. The number of carboxylic acids is 1. The Balaban J connectivity index is 2.52. The lowest BCUT2D eigenvalue weighted by Crippen LogP contribution is -2.45. The van der Waals surface area contributed by atoms with Crippen LogP contribution in [0.2, 0.25) is 0 Å². The van der Waals surface area contributed by atoms with Gasteiger partial charge in [0.2, 0.25) is 5.91 Å². The lowest BCUT2D eigenvalue weighted by Gasteiger charge is -2.12. The fourth-order valence-electron chi connectivity index (χ4n) is 1.06. The molecular formula is C12H12NO3-. The van der Waals surface area contributed by atoms with Crippen molar-refractivity contribution >= 4 is 18.0 Å². The van der Waals surface area contributed by atoms with Crippen LogP contribution in [0.25, 0.3) is 6.08 Å². The van der Waals surface area contributed by atoms with Crippen LogP contribution in [0.15, 0.2) is 36.4 Å². The molecule has 0 aliphatic heterocycles. The van der Waals surface area contributed by atoms with Gasteiger partial charge in [-0.2, -0.15) is 0 Å². The first-order valence-corrected chi connectivity index (χ1v) is 4.84. The molecule has 0 fully saturated rings. The Hall–Kier alpha value is -2.10. The molecule has 84 valence electrons. The number of nitrogens with one attached hydrogen (secondary N) is 1. The molecule has 0 aromatic heterocycles. The maximum Gasteiger partial charge on any atom is 0.244 e. The molecule has 4 heteroatoms. The largest absolute Gasteiger partial charge is 0.548 e. The van der Waals surface area contributed by atoms with Crippen LogP contribution < -0.4 is 10.4 Å². The highest BCUT2D eigenvalue weighted by atomic mass is 16.4. The molecule has 1 N–H and O–H groups in total. The molecule has 0 heterocycles. The van der Waals surface area contributed by atoms with Crippen molar-refractivity contribution in [2.45, 2.75) is 13.0 Å². The van der Waals surface area contributed by atoms with Crippen molar-refractivity contribution in [1.29, 1.82) is 0 Å². The molecule has 16 heavy (non-hydrogen) atoms. The summed E-state index contributed by atoms with van der Waals surface area (Å²) < 4.78 is 0. The number of carbonyl (C=O) groups is 2. The van der Waals surface area contributed by atoms with Crippen LogP contribution in [-0.4, -0.2) is 17.9 Å². The molecule has 1 atom stereocenters. The van der Waals surface area contributed by atoms with Gasteiger partial charge in [-0.05, 0) is 18.6 Å². The van der Waals surface area contributed by atoms with Crippen LogP contribution in [0.5, 0.6) is 0 Å². The van der Waals surface area contributed by atoms with Gasteiger partial charge in [-0.15, -0.1) is 0 Å². The molecule has 1 rings (SSSR count). The summed E-state index contributed by atoms with van der Waals surface area (Å²) in [7, 11) is 0. The quantitative estimate of drug-likeness (QED) is 0.720. The molecule has 0 unspecified atom stereocenters. The monoisotopic (exact) mass is 218 g/mol. The van der Waals surface area contributed by atoms with E-state index in [2.05, 4.69) is 5.32 Å². The van der Waals surface area contributed by atoms with Crippen molar-refractivity contribution in [1.82, 2.24) is 5.32 Å². The second kappa shape index (κ2) is 5.70. The molecule has 0 saturated carbocycles. The number of hydrogen-bond donors (Lipinski definition) is 1. The zero-order valence-corrected chi connectivity index (χ0v) is 8.84. The first kappa shape index (κ1) is 12.0. The lowest BCUT2D eigenvalue weighted by atomic mass is 10.2. The van der Waals surface area contributed by atoms with Gasteiger partial charge in [0.1, 0.15) is 0 Å². The van der Waals surface area contributed by atoms with Crippen LogP contribution in [0.1, 0.15) is 12.5 Å². The van der Waals surface area contributed by atoms with Gasteiger partial charge in [0.25, 0.3) is 0 Å². The number of amides is 1. The molecule has 0 spiro atoms. The maximum atomic E-state index is 11.2. The van der Waals surface area contributed by atoms with Gasteiger partial charge in [0.15, 0.2) is 0 Å². The van der Waals surface area contributed by atoms with Crippen molar-refractivity contribution < 1.29 is 14.7 Å². The highest BCUT2D eigenvalue weighted by Crippen LogP contribution is 2.00. The average molecular weight is 218 g/mol. The van der Waals surface area contributed by atoms with Gasteiger partial charge < -0.3 is 15.2 Å². The van der Waals surface area contributed by atoms with Gasteiger partial charge in [0, 0.05) is 6.08 Å². The topological polar surface area (TPSA) is 69.2 Å². The van der Waals surface area contributed by atoms with E-state index < -0.39 is 17.9 Å². The highest BCUT2D eigenvalue weighted by Gasteiger charge is 2.04. The molecular weight excluding hydrogens is 206 g/mol. The van der Waals surface area contributed by atoms with E-state index in [-0.39, 0.29) is 0 Å². The van der Waals surface area contributed by atoms with E-state index >= 15 is 0 Å². The number of benzene rings is 1. The van der Waals surface area contributed by atoms with Gasteiger partial charge in [-0.25, -0.2) is 0 Å². The fourth-order valence-corrected chi connectivity index (χ4v) is 1.06. The summed E-state index contributed by atoms with van der Waals surface area (Å²) in [6.45, 7) is 1.35. The molecule has 0 aliphatic carbocycles. The average Bonchev–Trinajstić information content (AvgIpc) is 2.27. The molecule has 1 amide bonds. The Kier molecular flexibility index (Phi) is 4.27. The third kappa shape index (κ3) is 3.96. The predicted octanol–water partition coefficient (Wildman–Crippen LogP) is -0.0456. The standard InChI is InChI=1S/C12H13NO3/c1-9(12(15)16)13-11(14)8-7-10-5-3-2-4-6-10/h2-9H,1H3,(H,13,14)(H,15,16)/p-1/b8-7+/t9-/m1/s1. The Morgan fingerprint density at radius 1 is 1.31 bits per heavy atom. The summed E-state index contributed by atoms with van der Waals surface area (Å²) in [5, 5.41) is 12.6. The van der Waals surface area contributed by atoms with Crippen LogP contribution >= 0.6 is 0 Å². The molecule has 0 radical (unpaired) electrons. The van der Waals surface area contributed by atoms with Crippen LogP contribution in [0.4, 0.5) is 0 Å². The second-order valence-corrected chi connectivity index (χ2v) is 3.29. The number of carboxylic acid groups (broad SMARTS) is 1. The van der Waals surface area contributed by atoms with Crippen LogP contribution in [-0.2, 0) is 9.59 Å². The van der Waals surface area contributed by atoms with E-state index in [1.54, 1.807) is 6.08 Å². The summed E-state index contributed by atoms with van der Waals surface area (Å²) >= 11 is 0. The third-order valence-corrected chi connectivity index (χ3v) is 1.94. The molecule has 0 bridgehead atoms. The van der Waals surface area contributed by atoms with Crippen molar-refractivity contribution in [2.24, 2.45) is 0 Å². The van der Waals surface area contributed by atoms with Gasteiger partial charge in [-0.1, -0.05) is 30.3 Å². The van der Waals surface area contributed by atoms with Crippen molar-refractivity contribution in [2.75, 3.05) is 0 Å². The molecule has 4 nitrogen and oxygen atoms in total. The number of aliphatic carboxylic acids is 1. The number of rotatable bonds is 4. The third-order valence-electron chi connectivity index (χ3n) is 1.94. The summed E-state index contributed by atoms with van der Waals surface area (Å²) in [4.78, 5) is 21.6. The lowest BCUT2D eigenvalue weighted by molar-refractivity contribution is -0.307. The predicted molar refractivity (Wildman–Crippen MR) is 58.1 cm³/mol. The Bertz CT molecular complexity index is 398. The zero-order chi connectivity index (χ0) is 12.0. The summed E-state index contributed by atoms with van der Waals surface area (Å²) in [6.07, 6.45) is 2.89. The maximum absolute atomic E-state index is 11.2. The SMILES string of the molecule is C[C@@H](NC(=O)/C=C/c1ccccc1)C(=O)[O-]. The smallest absolute Gasteiger partial charge is 0.244 e. The van der Waals surface area contributed by atoms with E-state index in [1.807, 2.05) is 30.3 Å². The summed E-state index contributed by atoms with van der Waals surface area (Å²) in [5.74, 6) is -1.76. The zero-order valence-electron chi connectivity index (χ0n) is 8.84. The molecule has 1 aromatic carbocycles. The summed E-state index contributed by atoms with van der Waals surface area (Å²) in [5.41, 5.74) is 0.874. The minimum Gasteiger partial charge on any atom is -0.548 e. The van der Waals surface area contributed by atoms with Crippen molar-refractivity contribution in [3.05, 3.63) is 42.0 Å². The summed E-state index contributed by atoms with van der Waals surface area (Å²) in [6, 6.07) is 8.25. The first-order chi connectivity index (χ1) is 7.59. The van der Waals surface area contributed by atoms with E-state index in [9.17, 15) is 14.7 Å². The van der Waals surface area contributed by atoms with Crippen LogP contribution in [0.3, 0.4) is 0 Å². The van der Waals surface area contributed by atoms with E-state index in [0.29, 0.717) is 0 Å².